The van der Waals surface area contributed by atoms with E-state index < -0.39 is 0 Å². The minimum absolute atomic E-state index is 0.00803. The number of thioether (sulfide) groups is 1. The molecule has 0 bridgehead atoms. The Morgan fingerprint density at radius 1 is 1.65 bits per heavy atom. The maximum Gasteiger partial charge on any atom is 0.230 e. The fourth-order valence-electron chi connectivity index (χ4n) is 1.88. The topological polar surface area (TPSA) is 70.7 Å². The highest BCUT2D eigenvalue weighted by Crippen LogP contribution is 2.38. The highest BCUT2D eigenvalue weighted by atomic mass is 32.2. The SMILES string of the molecule is CC(NC(=O)CSc1n[nH]c(C2CC2)n1)c1cccs1. The molecule has 2 aromatic heterocycles. The molecular weight excluding hydrogens is 292 g/mol. The minimum Gasteiger partial charge on any atom is -0.348 e. The third-order valence-electron chi connectivity index (χ3n) is 3.13. The van der Waals surface area contributed by atoms with E-state index >= 15 is 0 Å². The Kier molecular flexibility index (Phi) is 4.07. The van der Waals surface area contributed by atoms with Crippen molar-refractivity contribution >= 4 is 29.0 Å². The predicted molar refractivity (Wildman–Crippen MR) is 80.0 cm³/mol. The van der Waals surface area contributed by atoms with Gasteiger partial charge in [0.05, 0.1) is 11.8 Å². The lowest BCUT2D eigenvalue weighted by Gasteiger charge is -2.11. The second kappa shape index (κ2) is 5.97. The van der Waals surface area contributed by atoms with Gasteiger partial charge in [0.25, 0.3) is 0 Å². The highest BCUT2D eigenvalue weighted by Gasteiger charge is 2.27. The average molecular weight is 308 g/mol. The molecule has 0 aromatic carbocycles. The number of H-pyrrole nitrogens is 1. The first-order valence-corrected chi connectivity index (χ1v) is 8.47. The summed E-state index contributed by atoms with van der Waals surface area (Å²) in [7, 11) is 0. The molecule has 106 valence electrons. The van der Waals surface area contributed by atoms with Gasteiger partial charge in [0, 0.05) is 10.8 Å². The van der Waals surface area contributed by atoms with E-state index in [1.54, 1.807) is 11.3 Å². The third kappa shape index (κ3) is 3.40. The summed E-state index contributed by atoms with van der Waals surface area (Å²) in [4.78, 5) is 17.4. The maximum atomic E-state index is 11.9. The summed E-state index contributed by atoms with van der Waals surface area (Å²) < 4.78 is 0. The first kappa shape index (κ1) is 13.6. The van der Waals surface area contributed by atoms with Crippen LogP contribution in [0.1, 0.15) is 42.4 Å². The normalized spacial score (nSPS) is 16.1. The van der Waals surface area contributed by atoms with E-state index in [9.17, 15) is 4.79 Å². The van der Waals surface area contributed by atoms with Crippen LogP contribution < -0.4 is 5.32 Å². The van der Waals surface area contributed by atoms with E-state index in [-0.39, 0.29) is 11.9 Å². The Labute approximate surface area is 125 Å². The second-order valence-corrected chi connectivity index (χ2v) is 6.79. The Morgan fingerprint density at radius 2 is 2.50 bits per heavy atom. The zero-order chi connectivity index (χ0) is 13.9. The lowest BCUT2D eigenvalue weighted by Crippen LogP contribution is -2.27. The molecule has 1 atom stereocenters. The van der Waals surface area contributed by atoms with E-state index in [0.29, 0.717) is 16.8 Å². The van der Waals surface area contributed by atoms with E-state index in [4.69, 9.17) is 0 Å². The van der Waals surface area contributed by atoms with Crippen molar-refractivity contribution in [1.82, 2.24) is 20.5 Å². The number of nitrogens with zero attached hydrogens (tertiary/aromatic N) is 2. The van der Waals surface area contributed by atoms with E-state index in [1.165, 1.54) is 24.6 Å². The van der Waals surface area contributed by atoms with E-state index in [1.807, 2.05) is 24.4 Å². The van der Waals surface area contributed by atoms with Gasteiger partial charge in [-0.15, -0.1) is 16.4 Å². The smallest absolute Gasteiger partial charge is 0.230 e. The number of hydrogen-bond acceptors (Lipinski definition) is 5. The molecule has 2 heterocycles. The number of rotatable bonds is 6. The first-order valence-electron chi connectivity index (χ1n) is 6.60. The van der Waals surface area contributed by atoms with Crippen LogP contribution in [0.25, 0.3) is 0 Å². The lowest BCUT2D eigenvalue weighted by atomic mass is 10.3. The molecule has 1 amide bonds. The van der Waals surface area contributed by atoms with Gasteiger partial charge in [-0.05, 0) is 31.2 Å². The van der Waals surface area contributed by atoms with Crippen molar-refractivity contribution in [2.75, 3.05) is 5.75 Å². The largest absolute Gasteiger partial charge is 0.348 e. The molecule has 0 spiro atoms. The standard InChI is InChI=1S/C13H16N4OS2/c1-8(10-3-2-6-19-10)14-11(18)7-20-13-15-12(16-17-13)9-4-5-9/h2-3,6,8-9H,4-5,7H2,1H3,(H,14,18)(H,15,16,17). The Balaban J connectivity index is 1.46. The van der Waals surface area contributed by atoms with Crippen LogP contribution in [0.4, 0.5) is 0 Å². The molecule has 0 saturated heterocycles. The second-order valence-electron chi connectivity index (χ2n) is 4.87. The van der Waals surface area contributed by atoms with Gasteiger partial charge in [0.15, 0.2) is 0 Å². The van der Waals surface area contributed by atoms with Gasteiger partial charge < -0.3 is 5.32 Å². The minimum atomic E-state index is 0.00803. The fraction of sp³-hybridized carbons (Fsp3) is 0.462. The van der Waals surface area contributed by atoms with Crippen molar-refractivity contribution in [3.8, 4) is 0 Å². The molecule has 1 aliphatic carbocycles. The number of carbonyl (C=O) groups excluding carboxylic acids is 1. The molecule has 5 nitrogen and oxygen atoms in total. The zero-order valence-corrected chi connectivity index (χ0v) is 12.8. The molecule has 1 aliphatic rings. The summed E-state index contributed by atoms with van der Waals surface area (Å²) in [5.41, 5.74) is 0. The highest BCUT2D eigenvalue weighted by molar-refractivity contribution is 7.99. The van der Waals surface area contributed by atoms with Gasteiger partial charge in [-0.25, -0.2) is 4.98 Å². The van der Waals surface area contributed by atoms with Gasteiger partial charge in [0.1, 0.15) is 5.82 Å². The summed E-state index contributed by atoms with van der Waals surface area (Å²) >= 11 is 3.02. The van der Waals surface area contributed by atoms with Crippen molar-refractivity contribution in [2.24, 2.45) is 0 Å². The Morgan fingerprint density at radius 3 is 3.20 bits per heavy atom. The van der Waals surface area contributed by atoms with Gasteiger partial charge in [-0.1, -0.05) is 17.8 Å². The summed E-state index contributed by atoms with van der Waals surface area (Å²) in [6, 6.07) is 4.07. The first-order chi connectivity index (χ1) is 9.72. The number of thiophene rings is 1. The summed E-state index contributed by atoms with van der Waals surface area (Å²) in [5, 5.41) is 12.7. The average Bonchev–Trinajstić information content (AvgIpc) is 2.95. The lowest BCUT2D eigenvalue weighted by molar-refractivity contribution is -0.119. The van der Waals surface area contributed by atoms with Crippen molar-refractivity contribution in [2.45, 2.75) is 36.9 Å². The molecule has 2 N–H and O–H groups in total. The number of carbonyl (C=O) groups is 1. The van der Waals surface area contributed by atoms with Crippen LogP contribution in [-0.2, 0) is 4.79 Å². The Bertz CT molecular complexity index is 577. The van der Waals surface area contributed by atoms with Crippen LogP contribution in [0.5, 0.6) is 0 Å². The quantitative estimate of drug-likeness (QED) is 0.805. The van der Waals surface area contributed by atoms with Gasteiger partial charge >= 0.3 is 0 Å². The van der Waals surface area contributed by atoms with Crippen LogP contribution >= 0.6 is 23.1 Å². The summed E-state index contributed by atoms with van der Waals surface area (Å²) in [5.74, 6) is 1.87. The molecule has 1 saturated carbocycles. The van der Waals surface area contributed by atoms with E-state index in [0.717, 1.165) is 10.7 Å². The molecule has 1 unspecified atom stereocenters. The molecular formula is C13H16N4OS2. The Hall–Kier alpha value is -1.34. The van der Waals surface area contributed by atoms with Crippen LogP contribution in [0.2, 0.25) is 0 Å². The molecule has 0 radical (unpaired) electrons. The fourth-order valence-corrected chi connectivity index (χ4v) is 3.24. The number of hydrogen-bond donors (Lipinski definition) is 2. The number of aromatic nitrogens is 3. The van der Waals surface area contributed by atoms with Gasteiger partial charge in [0.2, 0.25) is 11.1 Å². The van der Waals surface area contributed by atoms with Crippen molar-refractivity contribution in [1.29, 1.82) is 0 Å². The van der Waals surface area contributed by atoms with Gasteiger partial charge in [-0.2, -0.15) is 0 Å². The summed E-state index contributed by atoms with van der Waals surface area (Å²) in [6.07, 6.45) is 2.39. The molecule has 20 heavy (non-hydrogen) atoms. The number of aromatic amines is 1. The zero-order valence-electron chi connectivity index (χ0n) is 11.1. The molecule has 3 rings (SSSR count). The van der Waals surface area contributed by atoms with Gasteiger partial charge in [-0.3, -0.25) is 9.89 Å². The predicted octanol–water partition coefficient (Wildman–Crippen LogP) is 2.71. The third-order valence-corrected chi connectivity index (χ3v) is 5.03. The monoisotopic (exact) mass is 308 g/mol. The van der Waals surface area contributed by atoms with Crippen molar-refractivity contribution < 1.29 is 4.79 Å². The van der Waals surface area contributed by atoms with Crippen LogP contribution in [0.15, 0.2) is 22.7 Å². The number of nitrogens with one attached hydrogen (secondary N) is 2. The van der Waals surface area contributed by atoms with Crippen LogP contribution in [0, 0.1) is 0 Å². The molecule has 0 aliphatic heterocycles. The van der Waals surface area contributed by atoms with Crippen molar-refractivity contribution in [3.63, 3.8) is 0 Å². The van der Waals surface area contributed by atoms with Crippen molar-refractivity contribution in [3.05, 3.63) is 28.2 Å². The maximum absolute atomic E-state index is 11.9. The van der Waals surface area contributed by atoms with E-state index in [2.05, 4.69) is 20.5 Å². The molecule has 2 aromatic rings. The summed E-state index contributed by atoms with van der Waals surface area (Å²) in [6.45, 7) is 1.99. The molecule has 7 heteroatoms. The van der Waals surface area contributed by atoms with Crippen LogP contribution in [-0.4, -0.2) is 26.8 Å². The number of amides is 1. The van der Waals surface area contributed by atoms with Crippen LogP contribution in [0.3, 0.4) is 0 Å². The molecule has 1 fully saturated rings.